The van der Waals surface area contributed by atoms with Crippen molar-refractivity contribution in [3.63, 3.8) is 0 Å². The number of amides is 1. The standard InChI is InChI=1S/C29H27N5O3/c1-20-24(29(35)32-17-21-8-11-30-12-9-21)4-3-5-27(20)37-28-10-13-31-26-16-22(6-7-25(26)28)23-18-33-34(19-23)14-15-36-2/h3-13,16,18-19H,14-15,17H2,1-2H3,(H,32,35). The first-order valence-electron chi connectivity index (χ1n) is 12.0. The largest absolute Gasteiger partial charge is 0.456 e. The lowest BCUT2D eigenvalue weighted by Crippen LogP contribution is -2.23. The van der Waals surface area contributed by atoms with E-state index in [0.717, 1.165) is 33.2 Å². The summed E-state index contributed by atoms with van der Waals surface area (Å²) < 4.78 is 13.3. The molecule has 1 amide bonds. The summed E-state index contributed by atoms with van der Waals surface area (Å²) in [5.74, 6) is 1.13. The SMILES string of the molecule is COCCn1cc(-c2ccc3c(Oc4cccc(C(=O)NCc5ccncc5)c4C)ccnc3c2)cn1. The molecule has 5 rings (SSSR count). The van der Waals surface area contributed by atoms with Gasteiger partial charge in [-0.25, -0.2) is 0 Å². The first kappa shape index (κ1) is 24.1. The number of nitrogens with zero attached hydrogens (tertiary/aromatic N) is 4. The molecule has 8 heteroatoms. The molecule has 0 aliphatic rings. The van der Waals surface area contributed by atoms with E-state index in [2.05, 4.69) is 20.4 Å². The molecule has 2 aromatic carbocycles. The van der Waals surface area contributed by atoms with E-state index < -0.39 is 0 Å². The number of aromatic nitrogens is 4. The predicted molar refractivity (Wildman–Crippen MR) is 142 cm³/mol. The van der Waals surface area contributed by atoms with E-state index >= 15 is 0 Å². The fourth-order valence-electron chi connectivity index (χ4n) is 4.08. The Kier molecular flexibility index (Phi) is 7.19. The molecule has 1 N–H and O–H groups in total. The van der Waals surface area contributed by atoms with E-state index in [1.165, 1.54) is 0 Å². The fourth-order valence-corrected chi connectivity index (χ4v) is 4.08. The Morgan fingerprint density at radius 3 is 2.70 bits per heavy atom. The average molecular weight is 494 g/mol. The molecule has 5 aromatic rings. The number of pyridine rings is 2. The van der Waals surface area contributed by atoms with Gasteiger partial charge in [0.1, 0.15) is 11.5 Å². The van der Waals surface area contributed by atoms with Gasteiger partial charge in [-0.05, 0) is 60.5 Å². The topological polar surface area (TPSA) is 91.2 Å². The van der Waals surface area contributed by atoms with Crippen molar-refractivity contribution in [2.75, 3.05) is 13.7 Å². The van der Waals surface area contributed by atoms with Crippen molar-refractivity contribution in [1.82, 2.24) is 25.1 Å². The van der Waals surface area contributed by atoms with Crippen LogP contribution in [0.15, 0.2) is 85.6 Å². The minimum Gasteiger partial charge on any atom is -0.456 e. The summed E-state index contributed by atoms with van der Waals surface area (Å²) in [6, 6.07) is 17.1. The lowest BCUT2D eigenvalue weighted by Gasteiger charge is -2.14. The highest BCUT2D eigenvalue weighted by Gasteiger charge is 2.14. The maximum absolute atomic E-state index is 12.9. The molecule has 0 saturated heterocycles. The van der Waals surface area contributed by atoms with Gasteiger partial charge in [0.25, 0.3) is 5.91 Å². The van der Waals surface area contributed by atoms with E-state index in [1.807, 2.05) is 72.5 Å². The number of ether oxygens (including phenoxy) is 2. The third-order valence-corrected chi connectivity index (χ3v) is 6.14. The molecule has 186 valence electrons. The highest BCUT2D eigenvalue weighted by molar-refractivity contribution is 5.96. The van der Waals surface area contributed by atoms with Crippen molar-refractivity contribution in [3.05, 3.63) is 102 Å². The number of nitrogens with one attached hydrogen (secondary N) is 1. The number of benzene rings is 2. The lowest BCUT2D eigenvalue weighted by molar-refractivity contribution is 0.0950. The molecule has 0 saturated carbocycles. The second-order valence-electron chi connectivity index (χ2n) is 8.59. The number of methoxy groups -OCH3 is 1. The Labute approximate surface area is 214 Å². The zero-order chi connectivity index (χ0) is 25.6. The van der Waals surface area contributed by atoms with Gasteiger partial charge in [-0.2, -0.15) is 5.10 Å². The molecule has 3 aromatic heterocycles. The van der Waals surface area contributed by atoms with Gasteiger partial charge in [-0.1, -0.05) is 12.1 Å². The molecule has 0 atom stereocenters. The zero-order valence-electron chi connectivity index (χ0n) is 20.7. The van der Waals surface area contributed by atoms with E-state index in [1.54, 1.807) is 31.8 Å². The smallest absolute Gasteiger partial charge is 0.251 e. The Bertz CT molecular complexity index is 1530. The first-order chi connectivity index (χ1) is 18.1. The molecule has 0 aliphatic carbocycles. The summed E-state index contributed by atoms with van der Waals surface area (Å²) in [6.07, 6.45) is 8.98. The van der Waals surface area contributed by atoms with Crippen LogP contribution < -0.4 is 10.1 Å². The van der Waals surface area contributed by atoms with Gasteiger partial charge in [-0.3, -0.25) is 19.4 Å². The second-order valence-corrected chi connectivity index (χ2v) is 8.59. The normalized spacial score (nSPS) is 11.0. The zero-order valence-corrected chi connectivity index (χ0v) is 20.7. The van der Waals surface area contributed by atoms with E-state index in [0.29, 0.717) is 36.8 Å². The molecular formula is C29H27N5O3. The maximum atomic E-state index is 12.9. The van der Waals surface area contributed by atoms with Gasteiger partial charge in [0.05, 0.1) is 24.9 Å². The Hall–Kier alpha value is -4.56. The van der Waals surface area contributed by atoms with Crippen LogP contribution in [0.4, 0.5) is 0 Å². The van der Waals surface area contributed by atoms with E-state index in [4.69, 9.17) is 9.47 Å². The summed E-state index contributed by atoms with van der Waals surface area (Å²) in [5.41, 5.74) is 5.15. The molecule has 8 nitrogen and oxygen atoms in total. The van der Waals surface area contributed by atoms with Crippen LogP contribution in [0.1, 0.15) is 21.5 Å². The van der Waals surface area contributed by atoms with Gasteiger partial charge < -0.3 is 14.8 Å². The van der Waals surface area contributed by atoms with Gasteiger partial charge in [0.2, 0.25) is 0 Å². The van der Waals surface area contributed by atoms with Crippen molar-refractivity contribution in [1.29, 1.82) is 0 Å². The number of carbonyl (C=O) groups is 1. The van der Waals surface area contributed by atoms with Gasteiger partial charge in [0.15, 0.2) is 0 Å². The van der Waals surface area contributed by atoms with Crippen LogP contribution in [0.2, 0.25) is 0 Å². The molecular weight excluding hydrogens is 466 g/mol. The Balaban J connectivity index is 1.36. The van der Waals surface area contributed by atoms with Crippen molar-refractivity contribution in [2.45, 2.75) is 20.0 Å². The molecule has 0 radical (unpaired) electrons. The van der Waals surface area contributed by atoms with E-state index in [9.17, 15) is 4.79 Å². The van der Waals surface area contributed by atoms with Crippen molar-refractivity contribution < 1.29 is 14.3 Å². The summed E-state index contributed by atoms with van der Waals surface area (Å²) in [7, 11) is 1.68. The van der Waals surface area contributed by atoms with Gasteiger partial charge in [-0.15, -0.1) is 0 Å². The number of carbonyl (C=O) groups excluding carboxylic acids is 1. The summed E-state index contributed by atoms with van der Waals surface area (Å²) >= 11 is 0. The molecule has 37 heavy (non-hydrogen) atoms. The summed E-state index contributed by atoms with van der Waals surface area (Å²) in [6.45, 7) is 3.61. The monoisotopic (exact) mass is 493 g/mol. The predicted octanol–water partition coefficient (Wildman–Crippen LogP) is 5.17. The Morgan fingerprint density at radius 2 is 1.86 bits per heavy atom. The minimum absolute atomic E-state index is 0.157. The quantitative estimate of drug-likeness (QED) is 0.305. The van der Waals surface area contributed by atoms with Gasteiger partial charge in [0, 0.05) is 60.5 Å². The molecule has 0 fully saturated rings. The maximum Gasteiger partial charge on any atom is 0.251 e. The van der Waals surface area contributed by atoms with Crippen LogP contribution >= 0.6 is 0 Å². The van der Waals surface area contributed by atoms with Gasteiger partial charge >= 0.3 is 0 Å². The fraction of sp³-hybridized carbons (Fsp3) is 0.172. The highest BCUT2D eigenvalue weighted by Crippen LogP contribution is 2.33. The average Bonchev–Trinajstić information content (AvgIpc) is 3.41. The molecule has 0 unspecified atom stereocenters. The number of hydrogen-bond donors (Lipinski definition) is 1. The third kappa shape index (κ3) is 5.49. The van der Waals surface area contributed by atoms with Crippen LogP contribution in [0, 0.1) is 6.92 Å². The molecule has 0 bridgehead atoms. The highest BCUT2D eigenvalue weighted by atomic mass is 16.5. The number of hydrogen-bond acceptors (Lipinski definition) is 6. The third-order valence-electron chi connectivity index (χ3n) is 6.14. The van der Waals surface area contributed by atoms with Crippen molar-refractivity contribution >= 4 is 16.8 Å². The lowest BCUT2D eigenvalue weighted by atomic mass is 10.1. The minimum atomic E-state index is -0.157. The van der Waals surface area contributed by atoms with Crippen molar-refractivity contribution in [2.24, 2.45) is 0 Å². The molecule has 0 aliphatic heterocycles. The number of rotatable bonds is 9. The first-order valence-corrected chi connectivity index (χ1v) is 12.0. The second kappa shape index (κ2) is 11.0. The van der Waals surface area contributed by atoms with E-state index in [-0.39, 0.29) is 5.91 Å². The van der Waals surface area contributed by atoms with Crippen LogP contribution in [0.3, 0.4) is 0 Å². The Morgan fingerprint density at radius 1 is 1.00 bits per heavy atom. The summed E-state index contributed by atoms with van der Waals surface area (Å²) in [5, 5.41) is 8.25. The van der Waals surface area contributed by atoms with Crippen LogP contribution in [0.25, 0.3) is 22.0 Å². The van der Waals surface area contributed by atoms with Crippen LogP contribution in [-0.4, -0.2) is 39.4 Å². The molecule has 3 heterocycles. The van der Waals surface area contributed by atoms with Crippen LogP contribution in [-0.2, 0) is 17.8 Å². The number of fused-ring (bicyclic) bond motifs is 1. The molecule has 0 spiro atoms. The summed E-state index contributed by atoms with van der Waals surface area (Å²) in [4.78, 5) is 21.4. The van der Waals surface area contributed by atoms with Crippen molar-refractivity contribution in [3.8, 4) is 22.6 Å². The van der Waals surface area contributed by atoms with Crippen LogP contribution in [0.5, 0.6) is 11.5 Å².